The number of ether oxygens (including phenoxy) is 2. The summed E-state index contributed by atoms with van der Waals surface area (Å²) in [5.41, 5.74) is 0.296. The summed E-state index contributed by atoms with van der Waals surface area (Å²) in [4.78, 5) is 51.5. The molecule has 0 bridgehead atoms. The summed E-state index contributed by atoms with van der Waals surface area (Å²) in [5, 5.41) is 8.55. The Morgan fingerprint density at radius 1 is 0.821 bits per heavy atom. The van der Waals surface area contributed by atoms with Crippen molar-refractivity contribution in [2.75, 3.05) is 14.2 Å². The molecule has 148 valence electrons. The molecule has 0 fully saturated rings. The number of rotatable bonds is 6. The summed E-state index contributed by atoms with van der Waals surface area (Å²) in [6, 6.07) is 8.87. The summed E-state index contributed by atoms with van der Waals surface area (Å²) in [5.74, 6) is -2.40. The zero-order chi connectivity index (χ0) is 21.1. The van der Waals surface area contributed by atoms with Gasteiger partial charge in [-0.15, -0.1) is 0 Å². The lowest BCUT2D eigenvalue weighted by atomic mass is 10.1. The van der Waals surface area contributed by atoms with Crippen LogP contribution in [0.5, 0.6) is 0 Å². The molecular formula is C19H20N2O7. The van der Waals surface area contributed by atoms with Crippen LogP contribution in [0.2, 0.25) is 0 Å². The number of Topliss-reactive ketones (excluding diaryl/α,β-unsaturated/α-hetero) is 1. The van der Waals surface area contributed by atoms with Crippen LogP contribution in [0.1, 0.15) is 61.7 Å². The number of aromatic carboxylic acids is 1. The number of hydrogen-bond donors (Lipinski definition) is 1. The van der Waals surface area contributed by atoms with E-state index in [-0.39, 0.29) is 22.9 Å². The molecule has 0 saturated heterocycles. The molecule has 1 N–H and O–H groups in total. The molecule has 0 unspecified atom stereocenters. The van der Waals surface area contributed by atoms with Gasteiger partial charge in [-0.1, -0.05) is 19.1 Å². The quantitative estimate of drug-likeness (QED) is 0.585. The van der Waals surface area contributed by atoms with Crippen LogP contribution in [0.15, 0.2) is 36.4 Å². The highest BCUT2D eigenvalue weighted by molar-refractivity contribution is 5.96. The fraction of sp³-hybridized carbons (Fsp3) is 0.263. The van der Waals surface area contributed by atoms with Crippen molar-refractivity contribution in [2.45, 2.75) is 19.8 Å². The van der Waals surface area contributed by atoms with Gasteiger partial charge in [0.2, 0.25) is 0 Å². The lowest BCUT2D eigenvalue weighted by Gasteiger charge is -2.01. The van der Waals surface area contributed by atoms with Crippen molar-refractivity contribution in [1.82, 2.24) is 9.97 Å². The predicted molar refractivity (Wildman–Crippen MR) is 97.4 cm³/mol. The van der Waals surface area contributed by atoms with Gasteiger partial charge in [-0.05, 0) is 30.7 Å². The Labute approximate surface area is 161 Å². The monoisotopic (exact) mass is 388 g/mol. The third-order valence-electron chi connectivity index (χ3n) is 3.27. The molecule has 2 aromatic heterocycles. The number of pyridine rings is 2. The molecule has 28 heavy (non-hydrogen) atoms. The molecule has 0 spiro atoms. The Balaban J connectivity index is 0.000000283. The van der Waals surface area contributed by atoms with Crippen LogP contribution in [0.25, 0.3) is 0 Å². The summed E-state index contributed by atoms with van der Waals surface area (Å²) in [6.45, 7) is 1.92. The normalized spacial score (nSPS) is 9.54. The third kappa shape index (κ3) is 6.60. The minimum atomic E-state index is -1.18. The molecule has 9 heteroatoms. The summed E-state index contributed by atoms with van der Waals surface area (Å²) >= 11 is 0. The first-order chi connectivity index (χ1) is 13.3. The van der Waals surface area contributed by atoms with Crippen LogP contribution >= 0.6 is 0 Å². The first-order valence-corrected chi connectivity index (χ1v) is 8.21. The van der Waals surface area contributed by atoms with E-state index < -0.39 is 17.9 Å². The number of carbonyl (C=O) groups is 4. The minimum absolute atomic E-state index is 0.0117. The second kappa shape index (κ2) is 11.2. The average molecular weight is 388 g/mol. The van der Waals surface area contributed by atoms with Gasteiger partial charge in [-0.25, -0.2) is 24.4 Å². The number of nitrogens with zero attached hydrogens (tertiary/aromatic N) is 2. The molecule has 0 radical (unpaired) electrons. The molecule has 0 aromatic carbocycles. The summed E-state index contributed by atoms with van der Waals surface area (Å²) in [6.07, 6.45) is 1.21. The van der Waals surface area contributed by atoms with E-state index in [4.69, 9.17) is 5.11 Å². The molecular weight excluding hydrogens is 368 g/mol. The lowest BCUT2D eigenvalue weighted by Crippen LogP contribution is -2.09. The van der Waals surface area contributed by atoms with Crippen molar-refractivity contribution >= 4 is 23.7 Å². The van der Waals surface area contributed by atoms with E-state index in [1.807, 2.05) is 6.92 Å². The summed E-state index contributed by atoms with van der Waals surface area (Å²) in [7, 11) is 2.49. The number of hydrogen-bond acceptors (Lipinski definition) is 8. The van der Waals surface area contributed by atoms with Gasteiger partial charge in [0.1, 0.15) is 22.8 Å². The van der Waals surface area contributed by atoms with E-state index in [1.165, 1.54) is 38.5 Å². The van der Waals surface area contributed by atoms with Gasteiger partial charge < -0.3 is 14.6 Å². The molecule has 0 amide bonds. The van der Waals surface area contributed by atoms with E-state index in [0.29, 0.717) is 12.1 Å². The van der Waals surface area contributed by atoms with Gasteiger partial charge in [0.15, 0.2) is 5.78 Å². The Bertz CT molecular complexity index is 865. The first kappa shape index (κ1) is 22.4. The van der Waals surface area contributed by atoms with Crippen LogP contribution in [-0.4, -0.2) is 53.0 Å². The fourth-order valence-corrected chi connectivity index (χ4v) is 1.94. The molecule has 2 heterocycles. The smallest absolute Gasteiger partial charge is 0.356 e. The third-order valence-corrected chi connectivity index (χ3v) is 3.27. The Kier molecular flexibility index (Phi) is 8.94. The first-order valence-electron chi connectivity index (χ1n) is 8.21. The standard InChI is InChI=1S/C11H13NO3.C8H7NO4/c1-3-5-10(13)8-6-4-7-9(12-8)11(14)15-2;1-13-8(12)6-4-2-3-5(9-6)7(10)11/h4,6-7H,3,5H2,1-2H3;2-4H,1H3,(H,10,11). The molecule has 0 aliphatic heterocycles. The lowest BCUT2D eigenvalue weighted by molar-refractivity contribution is 0.0583. The van der Waals surface area contributed by atoms with E-state index >= 15 is 0 Å². The topological polar surface area (TPSA) is 133 Å². The van der Waals surface area contributed by atoms with Crippen molar-refractivity contribution in [3.8, 4) is 0 Å². The fourth-order valence-electron chi connectivity index (χ4n) is 1.94. The molecule has 9 nitrogen and oxygen atoms in total. The van der Waals surface area contributed by atoms with Crippen molar-refractivity contribution < 1.29 is 33.8 Å². The van der Waals surface area contributed by atoms with Gasteiger partial charge in [-0.2, -0.15) is 0 Å². The maximum Gasteiger partial charge on any atom is 0.356 e. The summed E-state index contributed by atoms with van der Waals surface area (Å²) < 4.78 is 8.89. The van der Waals surface area contributed by atoms with Crippen LogP contribution in [0.3, 0.4) is 0 Å². The Hall–Kier alpha value is -3.62. The van der Waals surface area contributed by atoms with E-state index in [2.05, 4.69) is 19.4 Å². The van der Waals surface area contributed by atoms with Crippen LogP contribution < -0.4 is 0 Å². The predicted octanol–water partition coefficient (Wildman–Crippen LogP) is 2.42. The Morgan fingerprint density at radius 3 is 1.68 bits per heavy atom. The van der Waals surface area contributed by atoms with E-state index in [0.717, 1.165) is 6.42 Å². The highest BCUT2D eigenvalue weighted by Gasteiger charge is 2.12. The van der Waals surface area contributed by atoms with E-state index in [1.54, 1.807) is 12.1 Å². The minimum Gasteiger partial charge on any atom is -0.477 e. The molecule has 0 saturated carbocycles. The van der Waals surface area contributed by atoms with Gasteiger partial charge in [0.05, 0.1) is 14.2 Å². The maximum atomic E-state index is 11.5. The number of carboxylic acids is 1. The van der Waals surface area contributed by atoms with Crippen molar-refractivity contribution in [3.05, 3.63) is 59.2 Å². The molecule has 0 aliphatic carbocycles. The number of methoxy groups -OCH3 is 2. The second-order valence-electron chi connectivity index (χ2n) is 5.28. The number of ketones is 1. The number of carbonyl (C=O) groups excluding carboxylic acids is 3. The molecule has 0 aliphatic rings. The Morgan fingerprint density at radius 2 is 1.25 bits per heavy atom. The largest absolute Gasteiger partial charge is 0.477 e. The number of esters is 2. The van der Waals surface area contributed by atoms with Gasteiger partial charge in [0.25, 0.3) is 0 Å². The average Bonchev–Trinajstić information content (AvgIpc) is 2.73. The highest BCUT2D eigenvalue weighted by Crippen LogP contribution is 2.05. The SMILES string of the molecule is CCCC(=O)c1cccc(C(=O)OC)n1.COC(=O)c1cccc(C(=O)O)n1. The number of aromatic nitrogens is 2. The maximum absolute atomic E-state index is 11.5. The van der Waals surface area contributed by atoms with Gasteiger partial charge in [0, 0.05) is 6.42 Å². The van der Waals surface area contributed by atoms with Gasteiger partial charge >= 0.3 is 17.9 Å². The number of carboxylic acid groups (broad SMARTS) is 1. The zero-order valence-electron chi connectivity index (χ0n) is 15.7. The van der Waals surface area contributed by atoms with Crippen molar-refractivity contribution in [2.24, 2.45) is 0 Å². The van der Waals surface area contributed by atoms with Crippen LogP contribution in [-0.2, 0) is 9.47 Å². The second-order valence-corrected chi connectivity index (χ2v) is 5.28. The van der Waals surface area contributed by atoms with Crippen LogP contribution in [0.4, 0.5) is 0 Å². The molecule has 2 rings (SSSR count). The molecule has 0 atom stereocenters. The zero-order valence-corrected chi connectivity index (χ0v) is 15.7. The van der Waals surface area contributed by atoms with Crippen molar-refractivity contribution in [3.63, 3.8) is 0 Å². The van der Waals surface area contributed by atoms with Crippen LogP contribution in [0, 0.1) is 0 Å². The highest BCUT2D eigenvalue weighted by atomic mass is 16.5. The van der Waals surface area contributed by atoms with Gasteiger partial charge in [-0.3, -0.25) is 4.79 Å². The van der Waals surface area contributed by atoms with E-state index in [9.17, 15) is 19.2 Å². The molecule has 2 aromatic rings. The van der Waals surface area contributed by atoms with Crippen molar-refractivity contribution in [1.29, 1.82) is 0 Å².